The molecule has 0 saturated carbocycles. The first-order chi connectivity index (χ1) is 10.2. The van der Waals surface area contributed by atoms with Crippen LogP contribution in [0.3, 0.4) is 0 Å². The number of phenolic OH excluding ortho intramolecular Hbond substituents is 1. The Bertz CT molecular complexity index is 452. The summed E-state index contributed by atoms with van der Waals surface area (Å²) in [5.74, 6) is 0.773. The summed E-state index contributed by atoms with van der Waals surface area (Å²) < 4.78 is 5.35. The summed E-state index contributed by atoms with van der Waals surface area (Å²) >= 11 is 0. The third-order valence-electron chi connectivity index (χ3n) is 3.96. The van der Waals surface area contributed by atoms with E-state index in [0.29, 0.717) is 11.3 Å². The van der Waals surface area contributed by atoms with Crippen molar-refractivity contribution >= 4 is 6.29 Å². The second-order valence-corrected chi connectivity index (χ2v) is 5.63. The fraction of sp³-hybridized carbons (Fsp3) is 0.611. The lowest BCUT2D eigenvalue weighted by molar-refractivity contribution is 0.112. The Morgan fingerprint density at radius 3 is 2.33 bits per heavy atom. The zero-order valence-electron chi connectivity index (χ0n) is 13.6. The van der Waals surface area contributed by atoms with Crippen molar-refractivity contribution in [3.05, 3.63) is 22.8 Å². The Balaban J connectivity index is 2.60. The number of aromatic hydroxyl groups is 1. The lowest BCUT2D eigenvalue weighted by atomic mass is 9.98. The molecule has 0 aliphatic rings. The lowest BCUT2D eigenvalue weighted by Gasteiger charge is -2.14. The molecule has 0 bridgehead atoms. The lowest BCUT2D eigenvalue weighted by Crippen LogP contribution is -2.00. The average molecular weight is 292 g/mol. The molecule has 0 unspecified atom stereocenters. The summed E-state index contributed by atoms with van der Waals surface area (Å²) in [6.07, 6.45) is 10.1. The van der Waals surface area contributed by atoms with Gasteiger partial charge in [-0.1, -0.05) is 45.4 Å². The molecule has 3 heteroatoms. The number of carbonyl (C=O) groups is 1. The van der Waals surface area contributed by atoms with Gasteiger partial charge in [0.15, 0.2) is 6.29 Å². The fourth-order valence-corrected chi connectivity index (χ4v) is 2.71. The maximum Gasteiger partial charge on any atom is 0.154 e. The minimum Gasteiger partial charge on any atom is -0.508 e. The Labute approximate surface area is 128 Å². The number of unbranched alkanes of at least 4 members (excludes halogenated alkanes) is 6. The first-order valence-corrected chi connectivity index (χ1v) is 8.00. The quantitative estimate of drug-likeness (QED) is 0.497. The molecule has 1 rings (SSSR count). The highest BCUT2D eigenvalue weighted by Gasteiger charge is 2.16. The van der Waals surface area contributed by atoms with Crippen molar-refractivity contribution in [3.8, 4) is 11.5 Å². The van der Waals surface area contributed by atoms with Crippen molar-refractivity contribution < 1.29 is 14.6 Å². The summed E-state index contributed by atoms with van der Waals surface area (Å²) in [6.45, 7) is 4.03. The van der Waals surface area contributed by atoms with Crippen LogP contribution in [0.25, 0.3) is 0 Å². The largest absolute Gasteiger partial charge is 0.508 e. The monoisotopic (exact) mass is 292 g/mol. The van der Waals surface area contributed by atoms with Crippen LogP contribution in [0, 0.1) is 6.92 Å². The zero-order valence-corrected chi connectivity index (χ0v) is 13.6. The fourth-order valence-electron chi connectivity index (χ4n) is 2.71. The van der Waals surface area contributed by atoms with E-state index in [9.17, 15) is 9.90 Å². The molecule has 0 saturated heterocycles. The van der Waals surface area contributed by atoms with Crippen LogP contribution in [-0.4, -0.2) is 18.5 Å². The van der Waals surface area contributed by atoms with Crippen LogP contribution < -0.4 is 4.74 Å². The van der Waals surface area contributed by atoms with Gasteiger partial charge in [0, 0.05) is 5.56 Å². The van der Waals surface area contributed by atoms with Gasteiger partial charge in [0.1, 0.15) is 11.5 Å². The third-order valence-corrected chi connectivity index (χ3v) is 3.96. The van der Waals surface area contributed by atoms with Gasteiger partial charge < -0.3 is 9.84 Å². The molecule has 0 aliphatic carbocycles. The number of rotatable bonds is 10. The molecular weight excluding hydrogens is 264 g/mol. The van der Waals surface area contributed by atoms with Gasteiger partial charge in [-0.15, -0.1) is 0 Å². The van der Waals surface area contributed by atoms with Crippen LogP contribution in [-0.2, 0) is 6.42 Å². The molecule has 0 fully saturated rings. The number of hydrogen-bond donors (Lipinski definition) is 1. The van der Waals surface area contributed by atoms with E-state index >= 15 is 0 Å². The van der Waals surface area contributed by atoms with Crippen LogP contribution in [0.5, 0.6) is 11.5 Å². The summed E-state index contributed by atoms with van der Waals surface area (Å²) in [4.78, 5) is 11.2. The number of aryl methyl sites for hydroxylation is 1. The van der Waals surface area contributed by atoms with E-state index in [2.05, 4.69) is 6.92 Å². The molecular formula is C18H28O3. The molecule has 21 heavy (non-hydrogen) atoms. The number of benzene rings is 1. The van der Waals surface area contributed by atoms with Crippen molar-refractivity contribution in [2.24, 2.45) is 0 Å². The summed E-state index contributed by atoms with van der Waals surface area (Å²) in [5, 5.41) is 10.1. The molecule has 0 atom stereocenters. The van der Waals surface area contributed by atoms with E-state index in [-0.39, 0.29) is 5.75 Å². The SMILES string of the molecule is CCCCCCCCCc1c(O)cc(C)c(C=O)c1OC. The van der Waals surface area contributed by atoms with Gasteiger partial charge in [0.2, 0.25) is 0 Å². The van der Waals surface area contributed by atoms with Gasteiger partial charge >= 0.3 is 0 Å². The molecule has 0 heterocycles. The highest BCUT2D eigenvalue weighted by molar-refractivity contribution is 5.83. The highest BCUT2D eigenvalue weighted by Crippen LogP contribution is 2.34. The standard InChI is InChI=1S/C18H28O3/c1-4-5-6-7-8-9-10-11-15-17(20)12-14(2)16(13-19)18(15)21-3/h12-13,20H,4-11H2,1-3H3. The second kappa shape index (κ2) is 9.43. The number of phenols is 1. The number of aldehydes is 1. The van der Waals surface area contributed by atoms with Gasteiger partial charge in [-0.2, -0.15) is 0 Å². The molecule has 0 spiro atoms. The topological polar surface area (TPSA) is 46.5 Å². The number of hydrogen-bond acceptors (Lipinski definition) is 3. The molecule has 1 aromatic carbocycles. The van der Waals surface area contributed by atoms with Crippen LogP contribution in [0.4, 0.5) is 0 Å². The van der Waals surface area contributed by atoms with E-state index in [1.54, 1.807) is 13.2 Å². The molecule has 0 aromatic heterocycles. The van der Waals surface area contributed by atoms with Crippen LogP contribution >= 0.6 is 0 Å². The molecule has 0 radical (unpaired) electrons. The molecule has 3 nitrogen and oxygen atoms in total. The van der Waals surface area contributed by atoms with E-state index in [1.807, 2.05) is 6.92 Å². The van der Waals surface area contributed by atoms with Crippen molar-refractivity contribution in [1.29, 1.82) is 0 Å². The average Bonchev–Trinajstić information content (AvgIpc) is 2.47. The summed E-state index contributed by atoms with van der Waals surface area (Å²) in [7, 11) is 1.55. The predicted octanol–water partition coefficient (Wildman–Crippen LogP) is 4.81. The van der Waals surface area contributed by atoms with Crippen LogP contribution in [0.15, 0.2) is 6.07 Å². The van der Waals surface area contributed by atoms with Gasteiger partial charge in [-0.3, -0.25) is 4.79 Å². The number of ether oxygens (including phenoxy) is 1. The summed E-state index contributed by atoms with van der Waals surface area (Å²) in [5.41, 5.74) is 2.06. The Morgan fingerprint density at radius 2 is 1.76 bits per heavy atom. The minimum absolute atomic E-state index is 0.237. The van der Waals surface area contributed by atoms with Gasteiger partial charge in [-0.05, 0) is 31.4 Å². The Morgan fingerprint density at radius 1 is 1.14 bits per heavy atom. The summed E-state index contributed by atoms with van der Waals surface area (Å²) in [6, 6.07) is 1.66. The maximum atomic E-state index is 11.2. The molecule has 1 aromatic rings. The van der Waals surface area contributed by atoms with Gasteiger partial charge in [0.05, 0.1) is 12.7 Å². The first kappa shape index (κ1) is 17.5. The van der Waals surface area contributed by atoms with Crippen molar-refractivity contribution in [1.82, 2.24) is 0 Å². The zero-order chi connectivity index (χ0) is 15.7. The van der Waals surface area contributed by atoms with E-state index in [4.69, 9.17) is 4.74 Å². The van der Waals surface area contributed by atoms with E-state index < -0.39 is 0 Å². The molecule has 118 valence electrons. The number of carbonyl (C=O) groups excluding carboxylic acids is 1. The normalized spacial score (nSPS) is 10.6. The van der Waals surface area contributed by atoms with E-state index in [1.165, 1.54) is 32.1 Å². The smallest absolute Gasteiger partial charge is 0.154 e. The minimum atomic E-state index is 0.237. The second-order valence-electron chi connectivity index (χ2n) is 5.63. The van der Waals surface area contributed by atoms with Gasteiger partial charge in [-0.25, -0.2) is 0 Å². The van der Waals surface area contributed by atoms with Crippen molar-refractivity contribution in [3.63, 3.8) is 0 Å². The third kappa shape index (κ3) is 5.07. The maximum absolute atomic E-state index is 11.2. The Hall–Kier alpha value is -1.51. The first-order valence-electron chi connectivity index (χ1n) is 8.00. The molecule has 0 aliphatic heterocycles. The van der Waals surface area contributed by atoms with Crippen LogP contribution in [0.2, 0.25) is 0 Å². The predicted molar refractivity (Wildman–Crippen MR) is 86.5 cm³/mol. The highest BCUT2D eigenvalue weighted by atomic mass is 16.5. The van der Waals surface area contributed by atoms with Crippen molar-refractivity contribution in [2.45, 2.75) is 65.2 Å². The Kier molecular flexibility index (Phi) is 7.88. The van der Waals surface area contributed by atoms with E-state index in [0.717, 1.165) is 36.7 Å². The van der Waals surface area contributed by atoms with Gasteiger partial charge in [0.25, 0.3) is 0 Å². The number of methoxy groups -OCH3 is 1. The molecule has 1 N–H and O–H groups in total. The van der Waals surface area contributed by atoms with Crippen LogP contribution in [0.1, 0.15) is 73.4 Å². The molecule has 0 amide bonds. The van der Waals surface area contributed by atoms with Crippen molar-refractivity contribution in [2.75, 3.05) is 7.11 Å².